The summed E-state index contributed by atoms with van der Waals surface area (Å²) in [7, 11) is 2.71. The molecule has 0 aliphatic rings. The molecule has 0 unspecified atom stereocenters. The maximum atomic E-state index is 12.3. The smallest absolute Gasteiger partial charge is 0.338 e. The molecule has 2 rings (SSSR count). The molecule has 4 nitrogen and oxygen atoms in total. The highest BCUT2D eigenvalue weighted by Gasteiger charge is 2.23. The van der Waals surface area contributed by atoms with Crippen molar-refractivity contribution in [3.05, 3.63) is 57.6 Å². The molecule has 0 radical (unpaired) electrons. The van der Waals surface area contributed by atoms with E-state index >= 15 is 0 Å². The van der Waals surface area contributed by atoms with Gasteiger partial charge >= 0.3 is 11.9 Å². The first-order chi connectivity index (χ1) is 11.3. The molecule has 126 valence electrons. The van der Waals surface area contributed by atoms with Crippen LogP contribution in [0.15, 0.2) is 24.3 Å². The van der Waals surface area contributed by atoms with Gasteiger partial charge in [0.1, 0.15) is 0 Å². The van der Waals surface area contributed by atoms with E-state index in [0.29, 0.717) is 22.3 Å². The summed E-state index contributed by atoms with van der Waals surface area (Å²) in [4.78, 5) is 24.6. The Morgan fingerprint density at radius 1 is 0.667 bits per heavy atom. The van der Waals surface area contributed by atoms with Crippen molar-refractivity contribution in [2.75, 3.05) is 14.2 Å². The van der Waals surface area contributed by atoms with Crippen molar-refractivity contribution in [3.63, 3.8) is 0 Å². The number of hydrogen-bond acceptors (Lipinski definition) is 4. The lowest BCUT2D eigenvalue weighted by molar-refractivity contribution is 0.0590. The third-order valence-corrected chi connectivity index (χ3v) is 4.02. The van der Waals surface area contributed by atoms with Gasteiger partial charge in [-0.2, -0.15) is 0 Å². The zero-order chi connectivity index (χ0) is 18.0. The SMILES string of the molecule is COC(=O)c1cc(C)cc(C)c1-c1c(C)cc(C)cc1C(=O)OC. The molecular weight excluding hydrogens is 304 g/mol. The number of ether oxygens (including phenoxy) is 2. The van der Waals surface area contributed by atoms with E-state index in [1.54, 1.807) is 12.1 Å². The van der Waals surface area contributed by atoms with Crippen molar-refractivity contribution in [1.29, 1.82) is 0 Å². The first kappa shape index (κ1) is 17.7. The van der Waals surface area contributed by atoms with Crippen molar-refractivity contribution in [2.45, 2.75) is 27.7 Å². The third kappa shape index (κ3) is 3.18. The normalized spacial score (nSPS) is 10.4. The van der Waals surface area contributed by atoms with E-state index in [2.05, 4.69) is 0 Å². The number of carbonyl (C=O) groups is 2. The van der Waals surface area contributed by atoms with Crippen LogP contribution in [0.25, 0.3) is 11.1 Å². The van der Waals surface area contributed by atoms with Crippen LogP contribution >= 0.6 is 0 Å². The molecule has 0 saturated heterocycles. The fourth-order valence-corrected chi connectivity index (χ4v) is 3.14. The molecule has 0 N–H and O–H groups in total. The molecule has 0 bridgehead atoms. The Balaban J connectivity index is 2.91. The Kier molecular flexibility index (Phi) is 5.07. The van der Waals surface area contributed by atoms with E-state index in [4.69, 9.17) is 9.47 Å². The van der Waals surface area contributed by atoms with Gasteiger partial charge in [0.2, 0.25) is 0 Å². The highest BCUT2D eigenvalue weighted by molar-refractivity contribution is 6.05. The van der Waals surface area contributed by atoms with Gasteiger partial charge in [-0.15, -0.1) is 0 Å². The molecule has 0 fully saturated rings. The van der Waals surface area contributed by atoms with E-state index < -0.39 is 11.9 Å². The molecule has 4 heteroatoms. The van der Waals surface area contributed by atoms with Gasteiger partial charge in [0.05, 0.1) is 25.3 Å². The van der Waals surface area contributed by atoms with Crippen molar-refractivity contribution in [3.8, 4) is 11.1 Å². The minimum atomic E-state index is -0.424. The number of aryl methyl sites for hydroxylation is 4. The number of methoxy groups -OCH3 is 2. The van der Waals surface area contributed by atoms with Crippen molar-refractivity contribution >= 4 is 11.9 Å². The molecule has 0 amide bonds. The van der Waals surface area contributed by atoms with Crippen LogP contribution in [0.2, 0.25) is 0 Å². The molecule has 0 atom stereocenters. The van der Waals surface area contributed by atoms with E-state index in [1.807, 2.05) is 39.8 Å². The number of carbonyl (C=O) groups excluding carboxylic acids is 2. The monoisotopic (exact) mass is 326 g/mol. The van der Waals surface area contributed by atoms with Gasteiger partial charge in [0.25, 0.3) is 0 Å². The summed E-state index contributed by atoms with van der Waals surface area (Å²) < 4.78 is 9.89. The minimum Gasteiger partial charge on any atom is -0.465 e. The molecule has 2 aromatic rings. The molecule has 0 heterocycles. The van der Waals surface area contributed by atoms with E-state index in [0.717, 1.165) is 22.3 Å². The highest BCUT2D eigenvalue weighted by Crippen LogP contribution is 2.35. The summed E-state index contributed by atoms with van der Waals surface area (Å²) in [6, 6.07) is 7.55. The molecule has 0 aliphatic carbocycles. The van der Waals surface area contributed by atoms with Crippen LogP contribution in [0.5, 0.6) is 0 Å². The molecule has 0 aliphatic heterocycles. The second-order valence-electron chi connectivity index (χ2n) is 5.99. The maximum absolute atomic E-state index is 12.3. The van der Waals surface area contributed by atoms with Gasteiger partial charge in [0.15, 0.2) is 0 Å². The molecule has 0 spiro atoms. The lowest BCUT2D eigenvalue weighted by Crippen LogP contribution is -2.11. The number of esters is 2. The van der Waals surface area contributed by atoms with Gasteiger partial charge in [-0.05, 0) is 62.1 Å². The Bertz CT molecular complexity index is 749. The second-order valence-corrected chi connectivity index (χ2v) is 5.99. The number of rotatable bonds is 3. The predicted octanol–water partition coefficient (Wildman–Crippen LogP) is 4.16. The molecule has 24 heavy (non-hydrogen) atoms. The summed E-state index contributed by atoms with van der Waals surface area (Å²) in [5.74, 6) is -0.847. The zero-order valence-electron chi connectivity index (χ0n) is 14.9. The summed E-state index contributed by atoms with van der Waals surface area (Å²) in [5, 5.41) is 0. The van der Waals surface area contributed by atoms with E-state index in [9.17, 15) is 9.59 Å². The summed E-state index contributed by atoms with van der Waals surface area (Å²) in [5.41, 5.74) is 6.07. The predicted molar refractivity (Wildman–Crippen MR) is 93.5 cm³/mol. The molecule has 2 aromatic carbocycles. The van der Waals surface area contributed by atoms with Crippen LogP contribution in [0.3, 0.4) is 0 Å². The van der Waals surface area contributed by atoms with Gasteiger partial charge in [-0.1, -0.05) is 12.1 Å². The third-order valence-electron chi connectivity index (χ3n) is 4.02. The van der Waals surface area contributed by atoms with E-state index in [1.165, 1.54) is 14.2 Å². The topological polar surface area (TPSA) is 52.6 Å². The summed E-state index contributed by atoms with van der Waals surface area (Å²) >= 11 is 0. The van der Waals surface area contributed by atoms with E-state index in [-0.39, 0.29) is 0 Å². The van der Waals surface area contributed by atoms with Gasteiger partial charge < -0.3 is 9.47 Å². The number of benzene rings is 2. The lowest BCUT2D eigenvalue weighted by atomic mass is 9.86. The van der Waals surface area contributed by atoms with Crippen molar-refractivity contribution < 1.29 is 19.1 Å². The zero-order valence-corrected chi connectivity index (χ0v) is 14.9. The second kappa shape index (κ2) is 6.87. The number of hydrogen-bond donors (Lipinski definition) is 0. The van der Waals surface area contributed by atoms with Crippen LogP contribution in [0.4, 0.5) is 0 Å². The Morgan fingerprint density at radius 2 is 1.00 bits per heavy atom. The lowest BCUT2D eigenvalue weighted by Gasteiger charge is -2.18. The fraction of sp³-hybridized carbons (Fsp3) is 0.300. The standard InChI is InChI=1S/C20H22O4/c1-11-7-13(3)17(15(9-11)19(21)23-5)18-14(4)8-12(2)10-16(18)20(22)24-6/h7-10H,1-6H3. The van der Waals surface area contributed by atoms with Crippen molar-refractivity contribution in [1.82, 2.24) is 0 Å². The maximum Gasteiger partial charge on any atom is 0.338 e. The molecular formula is C20H22O4. The average molecular weight is 326 g/mol. The van der Waals surface area contributed by atoms with Crippen LogP contribution in [-0.2, 0) is 9.47 Å². The molecule has 0 saturated carbocycles. The highest BCUT2D eigenvalue weighted by atomic mass is 16.5. The fourth-order valence-electron chi connectivity index (χ4n) is 3.14. The largest absolute Gasteiger partial charge is 0.465 e. The summed E-state index contributed by atoms with van der Waals surface area (Å²) in [6.45, 7) is 7.70. The molecule has 0 aromatic heterocycles. The van der Waals surface area contributed by atoms with Crippen LogP contribution in [0, 0.1) is 27.7 Å². The average Bonchev–Trinajstić information content (AvgIpc) is 2.53. The van der Waals surface area contributed by atoms with Crippen LogP contribution in [0.1, 0.15) is 43.0 Å². The van der Waals surface area contributed by atoms with Gasteiger partial charge in [-0.25, -0.2) is 9.59 Å². The quantitative estimate of drug-likeness (QED) is 0.795. The van der Waals surface area contributed by atoms with Gasteiger partial charge in [-0.3, -0.25) is 0 Å². The Morgan fingerprint density at radius 3 is 1.29 bits per heavy atom. The Labute approximate surface area is 142 Å². The Hall–Kier alpha value is -2.62. The van der Waals surface area contributed by atoms with Crippen LogP contribution < -0.4 is 0 Å². The summed E-state index contributed by atoms with van der Waals surface area (Å²) in [6.07, 6.45) is 0. The van der Waals surface area contributed by atoms with Crippen LogP contribution in [-0.4, -0.2) is 26.2 Å². The van der Waals surface area contributed by atoms with Gasteiger partial charge in [0, 0.05) is 11.1 Å². The minimum absolute atomic E-state index is 0.424. The van der Waals surface area contributed by atoms with Crippen molar-refractivity contribution in [2.24, 2.45) is 0 Å². The first-order valence-electron chi connectivity index (χ1n) is 7.69. The first-order valence-corrected chi connectivity index (χ1v) is 7.69.